The van der Waals surface area contributed by atoms with Gasteiger partial charge in [0.05, 0.1) is 24.2 Å². The number of sulfonamides is 1. The van der Waals surface area contributed by atoms with E-state index in [0.717, 1.165) is 24.8 Å². The number of piperazine rings is 1. The first kappa shape index (κ1) is 27.5. The summed E-state index contributed by atoms with van der Waals surface area (Å²) < 4.78 is 35.3. The van der Waals surface area contributed by atoms with Crippen molar-refractivity contribution in [2.24, 2.45) is 5.41 Å². The molecule has 11 heteroatoms. The standard InChI is InChI=1S/C28H34ClN5O4S/c1-3-21-8-7-20(15-24(21)30)18-39(36,37)33-13-11-32(12-14-33)25-17-31-34(23-6-4-5-22(29)16-23)27(35)26(25)38-19-28(2)9-10-28/h4-8,15-17H,3,9-14,18-19,30H2,1-2H3. The minimum Gasteiger partial charge on any atom is -0.486 e. The van der Waals surface area contributed by atoms with Gasteiger partial charge in [0.15, 0.2) is 0 Å². The molecule has 2 heterocycles. The van der Waals surface area contributed by atoms with Gasteiger partial charge in [-0.3, -0.25) is 4.79 Å². The van der Waals surface area contributed by atoms with Crippen LogP contribution in [0.1, 0.15) is 37.8 Å². The van der Waals surface area contributed by atoms with Crippen LogP contribution in [0.4, 0.5) is 11.4 Å². The highest BCUT2D eigenvalue weighted by atomic mass is 35.5. The molecule has 0 spiro atoms. The number of nitrogens with zero attached hydrogens (tertiary/aromatic N) is 4. The fraction of sp³-hybridized carbons (Fsp3) is 0.429. The van der Waals surface area contributed by atoms with E-state index in [1.165, 1.54) is 8.99 Å². The highest BCUT2D eigenvalue weighted by molar-refractivity contribution is 7.88. The van der Waals surface area contributed by atoms with Crippen molar-refractivity contribution < 1.29 is 13.2 Å². The lowest BCUT2D eigenvalue weighted by atomic mass is 10.1. The molecule has 1 saturated carbocycles. The van der Waals surface area contributed by atoms with E-state index < -0.39 is 10.0 Å². The van der Waals surface area contributed by atoms with Crippen LogP contribution in [0.2, 0.25) is 5.02 Å². The van der Waals surface area contributed by atoms with E-state index in [1.54, 1.807) is 36.5 Å². The van der Waals surface area contributed by atoms with Crippen LogP contribution in [0, 0.1) is 5.41 Å². The molecule has 1 aliphatic carbocycles. The van der Waals surface area contributed by atoms with Gasteiger partial charge in [0.1, 0.15) is 5.69 Å². The number of aromatic nitrogens is 2. The second kappa shape index (κ2) is 10.8. The molecule has 208 valence electrons. The van der Waals surface area contributed by atoms with Gasteiger partial charge in [-0.05, 0) is 54.7 Å². The summed E-state index contributed by atoms with van der Waals surface area (Å²) in [7, 11) is -3.54. The summed E-state index contributed by atoms with van der Waals surface area (Å²) in [6, 6.07) is 12.4. The molecule has 1 aliphatic heterocycles. The van der Waals surface area contributed by atoms with Gasteiger partial charge >= 0.3 is 5.56 Å². The van der Waals surface area contributed by atoms with E-state index in [1.807, 2.05) is 24.0 Å². The van der Waals surface area contributed by atoms with Crippen molar-refractivity contribution in [2.45, 2.75) is 38.9 Å². The summed E-state index contributed by atoms with van der Waals surface area (Å²) in [5.41, 5.74) is 9.18. The number of nitrogens with two attached hydrogens (primary N) is 1. The first-order valence-corrected chi connectivity index (χ1v) is 15.2. The number of hydrogen-bond donors (Lipinski definition) is 1. The van der Waals surface area contributed by atoms with Crippen molar-refractivity contribution in [1.29, 1.82) is 0 Å². The number of benzene rings is 2. The number of ether oxygens (including phenoxy) is 1. The van der Waals surface area contributed by atoms with Crippen molar-refractivity contribution in [2.75, 3.05) is 43.4 Å². The summed E-state index contributed by atoms with van der Waals surface area (Å²) in [5.74, 6) is 0.117. The number of nitrogen functional groups attached to an aromatic ring is 1. The molecule has 2 aromatic carbocycles. The van der Waals surface area contributed by atoms with E-state index >= 15 is 0 Å². The summed E-state index contributed by atoms with van der Waals surface area (Å²) in [6.45, 7) is 5.98. The van der Waals surface area contributed by atoms with Gasteiger partial charge in [-0.1, -0.05) is 43.6 Å². The molecule has 0 atom stereocenters. The van der Waals surface area contributed by atoms with Crippen LogP contribution < -0.4 is 20.9 Å². The Hall–Kier alpha value is -3.08. The maximum atomic E-state index is 13.6. The fourth-order valence-corrected chi connectivity index (χ4v) is 6.44. The lowest BCUT2D eigenvalue weighted by molar-refractivity contribution is 0.242. The Morgan fingerprint density at radius 2 is 1.85 bits per heavy atom. The molecule has 2 fully saturated rings. The van der Waals surface area contributed by atoms with Crippen LogP contribution in [0.5, 0.6) is 5.75 Å². The van der Waals surface area contributed by atoms with Crippen LogP contribution >= 0.6 is 11.6 Å². The second-order valence-corrected chi connectivity index (χ2v) is 13.1. The van der Waals surface area contributed by atoms with Crippen LogP contribution in [-0.2, 0) is 22.2 Å². The van der Waals surface area contributed by atoms with Gasteiger partial charge in [0, 0.05) is 42.3 Å². The van der Waals surface area contributed by atoms with Gasteiger partial charge < -0.3 is 15.4 Å². The zero-order chi connectivity index (χ0) is 27.8. The number of rotatable bonds is 9. The minimum atomic E-state index is -3.54. The highest BCUT2D eigenvalue weighted by Gasteiger charge is 2.39. The van der Waals surface area contributed by atoms with Crippen LogP contribution in [0.3, 0.4) is 0 Å². The van der Waals surface area contributed by atoms with Gasteiger partial charge in [-0.25, -0.2) is 8.42 Å². The lowest BCUT2D eigenvalue weighted by Gasteiger charge is -2.35. The van der Waals surface area contributed by atoms with Crippen molar-refractivity contribution >= 4 is 33.0 Å². The number of aryl methyl sites for hydroxylation is 1. The van der Waals surface area contributed by atoms with Gasteiger partial charge in [-0.2, -0.15) is 14.1 Å². The Morgan fingerprint density at radius 1 is 1.10 bits per heavy atom. The molecule has 0 amide bonds. The first-order chi connectivity index (χ1) is 18.6. The van der Waals surface area contributed by atoms with E-state index in [2.05, 4.69) is 12.0 Å². The maximum absolute atomic E-state index is 13.6. The van der Waals surface area contributed by atoms with Crippen LogP contribution in [0.15, 0.2) is 53.5 Å². The normalized spacial score (nSPS) is 17.3. The van der Waals surface area contributed by atoms with Crippen LogP contribution in [-0.4, -0.2) is 55.3 Å². The van der Waals surface area contributed by atoms with Crippen molar-refractivity contribution in [3.05, 3.63) is 75.2 Å². The van der Waals surface area contributed by atoms with E-state index in [0.29, 0.717) is 60.4 Å². The summed E-state index contributed by atoms with van der Waals surface area (Å²) >= 11 is 6.15. The molecular formula is C28H34ClN5O4S. The first-order valence-electron chi connectivity index (χ1n) is 13.2. The SMILES string of the molecule is CCc1ccc(CS(=O)(=O)N2CCN(c3cnn(-c4cccc(Cl)c4)c(=O)c3OCC3(C)CC3)CC2)cc1N. The quantitative estimate of drug-likeness (QED) is 0.388. The van der Waals surface area contributed by atoms with Gasteiger partial charge in [-0.15, -0.1) is 0 Å². The molecule has 1 saturated heterocycles. The summed E-state index contributed by atoms with van der Waals surface area (Å²) in [5, 5.41) is 4.91. The molecular weight excluding hydrogens is 538 g/mol. The minimum absolute atomic E-state index is 0.0688. The largest absolute Gasteiger partial charge is 0.486 e. The van der Waals surface area contributed by atoms with E-state index in [9.17, 15) is 13.2 Å². The van der Waals surface area contributed by atoms with E-state index in [4.69, 9.17) is 22.1 Å². The smallest absolute Gasteiger partial charge is 0.316 e. The van der Waals surface area contributed by atoms with Crippen molar-refractivity contribution in [3.63, 3.8) is 0 Å². The van der Waals surface area contributed by atoms with Crippen molar-refractivity contribution in [1.82, 2.24) is 14.1 Å². The van der Waals surface area contributed by atoms with Gasteiger partial charge in [0.25, 0.3) is 0 Å². The molecule has 1 aromatic heterocycles. The molecule has 5 rings (SSSR count). The highest BCUT2D eigenvalue weighted by Crippen LogP contribution is 2.45. The molecule has 0 bridgehead atoms. The zero-order valence-electron chi connectivity index (χ0n) is 22.3. The Kier molecular flexibility index (Phi) is 7.63. The maximum Gasteiger partial charge on any atom is 0.316 e. The second-order valence-electron chi connectivity index (χ2n) is 10.7. The van der Waals surface area contributed by atoms with Crippen LogP contribution in [0.25, 0.3) is 5.69 Å². The number of halogens is 1. The average Bonchev–Trinajstić information content (AvgIpc) is 3.65. The number of hydrogen-bond acceptors (Lipinski definition) is 7. The molecule has 0 radical (unpaired) electrons. The third kappa shape index (κ3) is 6.08. The molecule has 2 N–H and O–H groups in total. The topological polar surface area (TPSA) is 111 Å². The molecule has 39 heavy (non-hydrogen) atoms. The molecule has 3 aromatic rings. The monoisotopic (exact) mass is 571 g/mol. The molecule has 9 nitrogen and oxygen atoms in total. The van der Waals surface area contributed by atoms with Gasteiger partial charge in [0.2, 0.25) is 15.8 Å². The predicted molar refractivity (Wildman–Crippen MR) is 154 cm³/mol. The Bertz CT molecular complexity index is 1530. The third-order valence-electron chi connectivity index (χ3n) is 7.55. The zero-order valence-corrected chi connectivity index (χ0v) is 23.8. The summed E-state index contributed by atoms with van der Waals surface area (Å²) in [6.07, 6.45) is 4.53. The molecule has 0 unspecified atom stereocenters. The lowest BCUT2D eigenvalue weighted by Crippen LogP contribution is -2.49. The average molecular weight is 572 g/mol. The Labute approximate surface area is 234 Å². The fourth-order valence-electron chi connectivity index (χ4n) is 4.75. The van der Waals surface area contributed by atoms with Crippen molar-refractivity contribution in [3.8, 4) is 11.4 Å². The Morgan fingerprint density at radius 3 is 2.49 bits per heavy atom. The molecule has 2 aliphatic rings. The predicted octanol–water partition coefficient (Wildman–Crippen LogP) is 3.86. The number of anilines is 2. The Balaban J connectivity index is 1.35. The summed E-state index contributed by atoms with van der Waals surface area (Å²) in [4.78, 5) is 15.5. The van der Waals surface area contributed by atoms with E-state index in [-0.39, 0.29) is 22.5 Å². The third-order valence-corrected chi connectivity index (χ3v) is 9.63.